The number of aryl methyl sites for hydroxylation is 2. The number of halogens is 1. The molecule has 21 heavy (non-hydrogen) atoms. The molecule has 0 saturated heterocycles. The van der Waals surface area contributed by atoms with Gasteiger partial charge in [-0.2, -0.15) is 0 Å². The molecule has 2 aromatic rings. The number of aromatic nitrogens is 3. The molecule has 0 aliphatic rings. The number of nitrogens with zero attached hydrogens (tertiary/aromatic N) is 3. The molecule has 2 rings (SSSR count). The maximum absolute atomic E-state index is 4.61. The van der Waals surface area contributed by atoms with E-state index >= 15 is 0 Å². The fraction of sp³-hybridized carbons (Fsp3) is 0.438. The van der Waals surface area contributed by atoms with Crippen molar-refractivity contribution in [1.29, 1.82) is 0 Å². The van der Waals surface area contributed by atoms with Crippen LogP contribution in [-0.4, -0.2) is 20.5 Å². The molecule has 0 saturated carbocycles. The summed E-state index contributed by atoms with van der Waals surface area (Å²) in [5.41, 5.74) is 4.02. The van der Waals surface area contributed by atoms with Crippen molar-refractivity contribution in [2.24, 2.45) is 0 Å². The van der Waals surface area contributed by atoms with E-state index < -0.39 is 0 Å². The second-order valence-electron chi connectivity index (χ2n) is 6.16. The Kier molecular flexibility index (Phi) is 4.74. The lowest BCUT2D eigenvalue weighted by atomic mass is 10.1. The lowest BCUT2D eigenvalue weighted by Gasteiger charge is -2.22. The predicted molar refractivity (Wildman–Crippen MR) is 89.0 cm³/mol. The van der Waals surface area contributed by atoms with Crippen molar-refractivity contribution < 1.29 is 0 Å². The third-order valence-electron chi connectivity index (χ3n) is 3.17. The maximum atomic E-state index is 4.61. The molecule has 2 heterocycles. The molecule has 4 nitrogen and oxygen atoms in total. The van der Waals surface area contributed by atoms with Crippen molar-refractivity contribution in [3.8, 4) is 11.5 Å². The molecule has 0 aromatic carbocycles. The van der Waals surface area contributed by atoms with Gasteiger partial charge in [-0.05, 0) is 62.7 Å². The Labute approximate surface area is 134 Å². The average Bonchev–Trinajstić information content (AvgIpc) is 2.37. The molecule has 2 aromatic heterocycles. The lowest BCUT2D eigenvalue weighted by molar-refractivity contribution is 0.422. The van der Waals surface area contributed by atoms with Crippen LogP contribution in [0.2, 0.25) is 0 Å². The highest BCUT2D eigenvalue weighted by molar-refractivity contribution is 9.10. The molecule has 0 aliphatic heterocycles. The summed E-state index contributed by atoms with van der Waals surface area (Å²) in [6.07, 6.45) is 1.76. The highest BCUT2D eigenvalue weighted by Gasteiger charge is 2.14. The molecule has 5 heteroatoms. The van der Waals surface area contributed by atoms with E-state index in [1.165, 1.54) is 0 Å². The van der Waals surface area contributed by atoms with Crippen LogP contribution in [0.4, 0.5) is 0 Å². The van der Waals surface area contributed by atoms with Crippen molar-refractivity contribution in [2.75, 3.05) is 0 Å². The van der Waals surface area contributed by atoms with Crippen LogP contribution >= 0.6 is 15.9 Å². The first kappa shape index (κ1) is 16.0. The van der Waals surface area contributed by atoms with Crippen LogP contribution in [0.15, 0.2) is 22.8 Å². The second-order valence-corrected chi connectivity index (χ2v) is 7.08. The smallest absolute Gasteiger partial charge is 0.178 e. The molecule has 0 bridgehead atoms. The third-order valence-corrected chi connectivity index (χ3v) is 3.64. The summed E-state index contributed by atoms with van der Waals surface area (Å²) in [6, 6.07) is 3.87. The monoisotopic (exact) mass is 348 g/mol. The Bertz CT molecular complexity index is 607. The van der Waals surface area contributed by atoms with Gasteiger partial charge in [0.25, 0.3) is 0 Å². The molecule has 1 N–H and O–H groups in total. The normalized spacial score (nSPS) is 11.7. The van der Waals surface area contributed by atoms with Crippen molar-refractivity contribution in [3.05, 3.63) is 39.8 Å². The molecule has 0 spiro atoms. The molecule has 0 amide bonds. The van der Waals surface area contributed by atoms with E-state index in [4.69, 9.17) is 0 Å². The summed E-state index contributed by atoms with van der Waals surface area (Å²) >= 11 is 3.39. The predicted octanol–water partition coefficient (Wildman–Crippen LogP) is 3.81. The highest BCUT2D eigenvalue weighted by Crippen LogP contribution is 2.19. The summed E-state index contributed by atoms with van der Waals surface area (Å²) in [4.78, 5) is 13.6. The first-order chi connectivity index (χ1) is 9.76. The van der Waals surface area contributed by atoms with Crippen LogP contribution in [0.1, 0.15) is 37.7 Å². The molecule has 0 fully saturated rings. The fourth-order valence-corrected chi connectivity index (χ4v) is 2.21. The number of nitrogens with one attached hydrogen (secondary N) is 1. The van der Waals surface area contributed by atoms with Crippen LogP contribution in [0.25, 0.3) is 11.5 Å². The Hall–Kier alpha value is -1.33. The second kappa shape index (κ2) is 6.20. The SMILES string of the molecule is Cc1nc(-c2ccc(Br)cn2)nc(C)c1CNC(C)(C)C. The van der Waals surface area contributed by atoms with Crippen LogP contribution in [-0.2, 0) is 6.54 Å². The summed E-state index contributed by atoms with van der Waals surface area (Å²) in [6.45, 7) is 11.3. The lowest BCUT2D eigenvalue weighted by Crippen LogP contribution is -2.35. The van der Waals surface area contributed by atoms with E-state index in [9.17, 15) is 0 Å². The minimum atomic E-state index is 0.0742. The van der Waals surface area contributed by atoms with E-state index in [0.29, 0.717) is 5.82 Å². The molecule has 0 aliphatic carbocycles. The largest absolute Gasteiger partial charge is 0.308 e. The van der Waals surface area contributed by atoms with Crippen molar-refractivity contribution in [2.45, 2.75) is 46.7 Å². The first-order valence-corrected chi connectivity index (χ1v) is 7.76. The number of pyridine rings is 1. The topological polar surface area (TPSA) is 50.7 Å². The van der Waals surface area contributed by atoms with Gasteiger partial charge in [-0.15, -0.1) is 0 Å². The van der Waals surface area contributed by atoms with Gasteiger partial charge in [0.15, 0.2) is 5.82 Å². The summed E-state index contributed by atoms with van der Waals surface area (Å²) < 4.78 is 0.950. The first-order valence-electron chi connectivity index (χ1n) is 6.97. The maximum Gasteiger partial charge on any atom is 0.178 e. The number of hydrogen-bond donors (Lipinski definition) is 1. The zero-order valence-corrected chi connectivity index (χ0v) is 14.7. The van der Waals surface area contributed by atoms with Crippen LogP contribution in [0.3, 0.4) is 0 Å². The van der Waals surface area contributed by atoms with E-state index in [2.05, 4.69) is 57.0 Å². The minimum Gasteiger partial charge on any atom is -0.308 e. The Balaban J connectivity index is 2.30. The molecular weight excluding hydrogens is 328 g/mol. The van der Waals surface area contributed by atoms with Crippen molar-refractivity contribution >= 4 is 15.9 Å². The van der Waals surface area contributed by atoms with E-state index in [0.717, 1.165) is 33.7 Å². The average molecular weight is 349 g/mol. The number of hydrogen-bond acceptors (Lipinski definition) is 4. The third kappa shape index (κ3) is 4.32. The van der Waals surface area contributed by atoms with Crippen LogP contribution < -0.4 is 5.32 Å². The molecular formula is C16H21BrN4. The van der Waals surface area contributed by atoms with Gasteiger partial charge >= 0.3 is 0 Å². The zero-order valence-electron chi connectivity index (χ0n) is 13.2. The van der Waals surface area contributed by atoms with E-state index in [1.54, 1.807) is 6.20 Å². The Morgan fingerprint density at radius 1 is 1.10 bits per heavy atom. The van der Waals surface area contributed by atoms with Gasteiger partial charge in [0.2, 0.25) is 0 Å². The molecule has 0 radical (unpaired) electrons. The van der Waals surface area contributed by atoms with Crippen molar-refractivity contribution in [3.63, 3.8) is 0 Å². The Morgan fingerprint density at radius 2 is 1.71 bits per heavy atom. The summed E-state index contributed by atoms with van der Waals surface area (Å²) in [7, 11) is 0. The van der Waals surface area contributed by atoms with Gasteiger partial charge in [0, 0.05) is 39.7 Å². The van der Waals surface area contributed by atoms with Gasteiger partial charge in [0.05, 0.1) is 0 Å². The summed E-state index contributed by atoms with van der Waals surface area (Å²) in [5.74, 6) is 0.678. The van der Waals surface area contributed by atoms with Gasteiger partial charge < -0.3 is 5.32 Å². The van der Waals surface area contributed by atoms with Crippen molar-refractivity contribution in [1.82, 2.24) is 20.3 Å². The zero-order chi connectivity index (χ0) is 15.6. The highest BCUT2D eigenvalue weighted by atomic mass is 79.9. The van der Waals surface area contributed by atoms with E-state index in [1.807, 2.05) is 26.0 Å². The Morgan fingerprint density at radius 3 is 2.19 bits per heavy atom. The van der Waals surface area contributed by atoms with Gasteiger partial charge in [-0.1, -0.05) is 0 Å². The van der Waals surface area contributed by atoms with Gasteiger partial charge in [-0.25, -0.2) is 9.97 Å². The van der Waals surface area contributed by atoms with Gasteiger partial charge in [0.1, 0.15) is 5.69 Å². The quantitative estimate of drug-likeness (QED) is 0.916. The summed E-state index contributed by atoms with van der Waals surface area (Å²) in [5, 5.41) is 3.48. The van der Waals surface area contributed by atoms with E-state index in [-0.39, 0.29) is 5.54 Å². The number of rotatable bonds is 3. The van der Waals surface area contributed by atoms with Crippen LogP contribution in [0, 0.1) is 13.8 Å². The molecule has 112 valence electrons. The molecule has 0 atom stereocenters. The fourth-order valence-electron chi connectivity index (χ4n) is 1.97. The minimum absolute atomic E-state index is 0.0742. The standard InChI is InChI=1S/C16H21BrN4/c1-10-13(9-19-16(3,4)5)11(2)21-15(20-10)14-7-6-12(17)8-18-14/h6-8,19H,9H2,1-5H3. The molecule has 0 unspecified atom stereocenters. The van der Waals surface area contributed by atoms with Crippen LogP contribution in [0.5, 0.6) is 0 Å². The van der Waals surface area contributed by atoms with Gasteiger partial charge in [-0.3, -0.25) is 4.98 Å².